The monoisotopic (exact) mass is 394 g/mol. The standard InChI is InChI=1S/C19H20F2N2O3S/c1-9-3-5-12-15(7-9)27-19(16(12)17(22)24)23-18(25)10(2)26-14-6-4-11(20)8-13(14)21/h4,6,8-10H,3,5,7H2,1-2H3,(H2,22,24)(H,23,25). The highest BCUT2D eigenvalue weighted by Crippen LogP contribution is 2.39. The predicted molar refractivity (Wildman–Crippen MR) is 99.1 cm³/mol. The number of benzene rings is 1. The van der Waals surface area contributed by atoms with Gasteiger partial charge in [0.05, 0.1) is 5.56 Å². The largest absolute Gasteiger partial charge is 0.478 e. The second-order valence-electron chi connectivity index (χ2n) is 6.74. The van der Waals surface area contributed by atoms with Crippen LogP contribution in [0.3, 0.4) is 0 Å². The van der Waals surface area contributed by atoms with Crippen molar-refractivity contribution in [2.24, 2.45) is 11.7 Å². The van der Waals surface area contributed by atoms with Crippen LogP contribution >= 0.6 is 11.3 Å². The number of thiophene rings is 1. The molecule has 1 heterocycles. The molecule has 2 aromatic rings. The van der Waals surface area contributed by atoms with Crippen molar-refractivity contribution >= 4 is 28.2 Å². The highest BCUT2D eigenvalue weighted by Gasteiger charge is 2.28. The average molecular weight is 394 g/mol. The normalized spacial score (nSPS) is 17.1. The maximum atomic E-state index is 13.7. The van der Waals surface area contributed by atoms with Gasteiger partial charge in [-0.25, -0.2) is 8.78 Å². The Balaban J connectivity index is 1.78. The lowest BCUT2D eigenvalue weighted by atomic mass is 9.88. The summed E-state index contributed by atoms with van der Waals surface area (Å²) in [6.45, 7) is 3.58. The van der Waals surface area contributed by atoms with Crippen LogP contribution in [0.1, 0.15) is 41.1 Å². The molecule has 1 aromatic carbocycles. The quantitative estimate of drug-likeness (QED) is 0.812. The Bertz CT molecular complexity index is 897. The second-order valence-corrected chi connectivity index (χ2v) is 7.85. The number of primary amides is 1. The third-order valence-corrected chi connectivity index (χ3v) is 5.73. The molecule has 0 spiro atoms. The van der Waals surface area contributed by atoms with Gasteiger partial charge in [-0.15, -0.1) is 11.3 Å². The van der Waals surface area contributed by atoms with Crippen LogP contribution in [0, 0.1) is 17.6 Å². The van der Waals surface area contributed by atoms with Crippen molar-refractivity contribution in [2.45, 2.75) is 39.2 Å². The van der Waals surface area contributed by atoms with E-state index in [0.29, 0.717) is 22.5 Å². The predicted octanol–water partition coefficient (Wildman–Crippen LogP) is 3.66. The molecule has 3 rings (SSSR count). The number of anilines is 1. The van der Waals surface area contributed by atoms with E-state index in [1.165, 1.54) is 18.3 Å². The number of hydrogen-bond donors (Lipinski definition) is 2. The number of hydrogen-bond acceptors (Lipinski definition) is 4. The van der Waals surface area contributed by atoms with Crippen molar-refractivity contribution in [1.82, 2.24) is 0 Å². The molecule has 2 atom stereocenters. The fourth-order valence-corrected chi connectivity index (χ4v) is 4.55. The molecule has 8 heteroatoms. The summed E-state index contributed by atoms with van der Waals surface area (Å²) < 4.78 is 32.0. The van der Waals surface area contributed by atoms with E-state index in [0.717, 1.165) is 41.8 Å². The molecule has 144 valence electrons. The SMILES string of the molecule is CC1CCc2c(sc(NC(=O)C(C)Oc3ccc(F)cc3F)c2C(N)=O)C1. The van der Waals surface area contributed by atoms with E-state index in [2.05, 4.69) is 12.2 Å². The minimum atomic E-state index is -1.05. The van der Waals surface area contributed by atoms with Gasteiger partial charge < -0.3 is 15.8 Å². The highest BCUT2D eigenvalue weighted by molar-refractivity contribution is 7.17. The summed E-state index contributed by atoms with van der Waals surface area (Å²) >= 11 is 1.34. The first-order chi connectivity index (χ1) is 12.8. The molecule has 1 aliphatic rings. The van der Waals surface area contributed by atoms with Crippen molar-refractivity contribution < 1.29 is 23.1 Å². The van der Waals surface area contributed by atoms with Crippen molar-refractivity contribution in [3.05, 3.63) is 45.8 Å². The summed E-state index contributed by atoms with van der Waals surface area (Å²) in [5.74, 6) is -2.49. The smallest absolute Gasteiger partial charge is 0.265 e. The van der Waals surface area contributed by atoms with Gasteiger partial charge in [0.25, 0.3) is 11.8 Å². The molecule has 0 fully saturated rings. The van der Waals surface area contributed by atoms with Gasteiger partial charge in [-0.1, -0.05) is 6.92 Å². The third kappa shape index (κ3) is 4.10. The van der Waals surface area contributed by atoms with Crippen molar-refractivity contribution in [1.29, 1.82) is 0 Å². The van der Waals surface area contributed by atoms with Crippen LogP contribution in [0.15, 0.2) is 18.2 Å². The number of fused-ring (bicyclic) bond motifs is 1. The van der Waals surface area contributed by atoms with Crippen LogP contribution in [0.25, 0.3) is 0 Å². The van der Waals surface area contributed by atoms with E-state index < -0.39 is 29.6 Å². The van der Waals surface area contributed by atoms with Crippen LogP contribution in [-0.4, -0.2) is 17.9 Å². The summed E-state index contributed by atoms with van der Waals surface area (Å²) in [7, 11) is 0. The van der Waals surface area contributed by atoms with Crippen LogP contribution in [-0.2, 0) is 17.6 Å². The summed E-state index contributed by atoms with van der Waals surface area (Å²) in [5.41, 5.74) is 6.77. The number of halogens is 2. The Hall–Kier alpha value is -2.48. The number of amides is 2. The van der Waals surface area contributed by atoms with Gasteiger partial charge in [0.15, 0.2) is 17.7 Å². The van der Waals surface area contributed by atoms with E-state index in [4.69, 9.17) is 10.5 Å². The van der Waals surface area contributed by atoms with Gasteiger partial charge in [0.2, 0.25) is 0 Å². The fraction of sp³-hybridized carbons (Fsp3) is 0.368. The summed E-state index contributed by atoms with van der Waals surface area (Å²) in [6, 6.07) is 2.84. The average Bonchev–Trinajstić information content (AvgIpc) is 2.94. The molecule has 0 saturated carbocycles. The third-order valence-electron chi connectivity index (χ3n) is 4.56. The molecule has 27 heavy (non-hydrogen) atoms. The first-order valence-corrected chi connectivity index (χ1v) is 9.44. The first-order valence-electron chi connectivity index (χ1n) is 8.63. The molecule has 0 saturated heterocycles. The van der Waals surface area contributed by atoms with Crippen LogP contribution in [0.4, 0.5) is 13.8 Å². The topological polar surface area (TPSA) is 81.4 Å². The molecule has 2 unspecified atom stereocenters. The van der Waals surface area contributed by atoms with Gasteiger partial charge >= 0.3 is 0 Å². The van der Waals surface area contributed by atoms with Crippen LogP contribution in [0.5, 0.6) is 5.75 Å². The van der Waals surface area contributed by atoms with Crippen molar-refractivity contribution in [3.8, 4) is 5.75 Å². The Morgan fingerprint density at radius 2 is 2.11 bits per heavy atom. The van der Waals surface area contributed by atoms with Gasteiger partial charge in [-0.05, 0) is 49.8 Å². The Kier molecular flexibility index (Phi) is 5.46. The van der Waals surface area contributed by atoms with Gasteiger partial charge in [0.1, 0.15) is 10.8 Å². The minimum Gasteiger partial charge on any atom is -0.478 e. The van der Waals surface area contributed by atoms with Crippen LogP contribution in [0.2, 0.25) is 0 Å². The summed E-state index contributed by atoms with van der Waals surface area (Å²) in [4.78, 5) is 25.4. The molecule has 2 amide bonds. The number of nitrogens with one attached hydrogen (secondary N) is 1. The Labute approximate surface area is 159 Å². The molecule has 3 N–H and O–H groups in total. The highest BCUT2D eigenvalue weighted by atomic mass is 32.1. The summed E-state index contributed by atoms with van der Waals surface area (Å²) in [5, 5.41) is 3.06. The van der Waals surface area contributed by atoms with Crippen molar-refractivity contribution in [3.63, 3.8) is 0 Å². The van der Waals surface area contributed by atoms with Gasteiger partial charge in [0, 0.05) is 10.9 Å². The van der Waals surface area contributed by atoms with E-state index in [-0.39, 0.29) is 5.75 Å². The molecule has 5 nitrogen and oxygen atoms in total. The number of ether oxygens (including phenoxy) is 1. The van der Waals surface area contributed by atoms with Gasteiger partial charge in [-0.2, -0.15) is 0 Å². The van der Waals surface area contributed by atoms with E-state index in [1.54, 1.807) is 0 Å². The van der Waals surface area contributed by atoms with E-state index in [9.17, 15) is 18.4 Å². The minimum absolute atomic E-state index is 0.228. The second kappa shape index (κ2) is 7.64. The van der Waals surface area contributed by atoms with Crippen LogP contribution < -0.4 is 15.8 Å². The molecule has 0 bridgehead atoms. The molecule has 0 radical (unpaired) electrons. The molecule has 1 aliphatic carbocycles. The molecule has 1 aromatic heterocycles. The molecular weight excluding hydrogens is 374 g/mol. The number of nitrogens with two attached hydrogens (primary N) is 1. The summed E-state index contributed by atoms with van der Waals surface area (Å²) in [6.07, 6.45) is 1.49. The number of carbonyl (C=O) groups is 2. The van der Waals surface area contributed by atoms with Gasteiger partial charge in [-0.3, -0.25) is 9.59 Å². The molecular formula is C19H20F2N2O3S. The fourth-order valence-electron chi connectivity index (χ4n) is 3.13. The zero-order chi connectivity index (χ0) is 19.7. The molecule has 0 aliphatic heterocycles. The number of rotatable bonds is 5. The zero-order valence-corrected chi connectivity index (χ0v) is 15.8. The maximum absolute atomic E-state index is 13.7. The van der Waals surface area contributed by atoms with Crippen molar-refractivity contribution in [2.75, 3.05) is 5.32 Å². The van der Waals surface area contributed by atoms with E-state index in [1.807, 2.05) is 0 Å². The number of carbonyl (C=O) groups excluding carboxylic acids is 2. The maximum Gasteiger partial charge on any atom is 0.265 e. The lowest BCUT2D eigenvalue weighted by Crippen LogP contribution is -2.31. The lowest BCUT2D eigenvalue weighted by molar-refractivity contribution is -0.122. The zero-order valence-electron chi connectivity index (χ0n) is 15.0. The Morgan fingerprint density at radius 3 is 2.78 bits per heavy atom. The Morgan fingerprint density at radius 1 is 1.37 bits per heavy atom. The lowest BCUT2D eigenvalue weighted by Gasteiger charge is -2.18. The van der Waals surface area contributed by atoms with E-state index >= 15 is 0 Å². The first kappa shape index (κ1) is 19.3.